The molecule has 0 aliphatic carbocycles. The monoisotopic (exact) mass is 305 g/mol. The van der Waals surface area contributed by atoms with Crippen LogP contribution in [0.25, 0.3) is 10.9 Å². The largest absolute Gasteiger partial charge is 0.481 e. The lowest BCUT2D eigenvalue weighted by atomic mass is 10.1. The van der Waals surface area contributed by atoms with E-state index >= 15 is 0 Å². The molecule has 21 heavy (non-hydrogen) atoms. The van der Waals surface area contributed by atoms with Crippen LogP contribution in [0, 0.1) is 0 Å². The van der Waals surface area contributed by atoms with Crippen LogP contribution < -0.4 is 0 Å². The fourth-order valence-electron chi connectivity index (χ4n) is 2.27. The topological polar surface area (TPSA) is 51.5 Å². The number of hydrogen-bond donors (Lipinski definition) is 1. The van der Waals surface area contributed by atoms with E-state index in [2.05, 4.69) is 19.6 Å². The normalized spacial score (nSPS) is 12.0. The number of aliphatic carboxylic acids is 1. The summed E-state index contributed by atoms with van der Waals surface area (Å²) in [6, 6.07) is 9.00. The van der Waals surface area contributed by atoms with Gasteiger partial charge in [0, 0.05) is 26.3 Å². The van der Waals surface area contributed by atoms with Crippen LogP contribution in [0.2, 0.25) is 25.7 Å². The number of carboxylic acids is 1. The zero-order chi connectivity index (χ0) is 15.5. The Morgan fingerprint density at radius 3 is 2.67 bits per heavy atom. The van der Waals surface area contributed by atoms with E-state index in [1.165, 1.54) is 0 Å². The molecule has 0 amide bonds. The summed E-state index contributed by atoms with van der Waals surface area (Å²) in [5.74, 6) is -0.808. The van der Waals surface area contributed by atoms with Crippen molar-refractivity contribution in [1.82, 2.24) is 4.57 Å². The van der Waals surface area contributed by atoms with Gasteiger partial charge in [-0.05, 0) is 17.7 Å². The highest BCUT2D eigenvalue weighted by atomic mass is 28.3. The van der Waals surface area contributed by atoms with E-state index in [1.54, 1.807) is 0 Å². The smallest absolute Gasteiger partial charge is 0.307 e. The number of rotatable bonds is 7. The summed E-state index contributed by atoms with van der Waals surface area (Å²) in [7, 11) is -1.08. The number of hydrogen-bond acceptors (Lipinski definition) is 2. The fraction of sp³-hybridized carbons (Fsp3) is 0.438. The third-order valence-electron chi connectivity index (χ3n) is 3.44. The number of ether oxygens (including phenoxy) is 1. The molecule has 1 aromatic carbocycles. The average Bonchev–Trinajstić information content (AvgIpc) is 2.72. The van der Waals surface area contributed by atoms with Gasteiger partial charge in [0.1, 0.15) is 6.73 Å². The van der Waals surface area contributed by atoms with E-state index in [0.717, 1.165) is 29.1 Å². The Bertz CT molecular complexity index is 628. The Hall–Kier alpha value is -1.59. The molecule has 2 rings (SSSR count). The van der Waals surface area contributed by atoms with Crippen molar-refractivity contribution in [3.8, 4) is 0 Å². The molecule has 0 spiro atoms. The van der Waals surface area contributed by atoms with Gasteiger partial charge in [-0.15, -0.1) is 0 Å². The second-order valence-electron chi connectivity index (χ2n) is 6.56. The van der Waals surface area contributed by atoms with Crippen molar-refractivity contribution in [2.75, 3.05) is 6.61 Å². The SMILES string of the molecule is C[Si](C)(C)CCOCn1cc(CC(=O)O)c2ccccc21. The molecule has 114 valence electrons. The summed E-state index contributed by atoms with van der Waals surface area (Å²) in [6.07, 6.45) is 1.94. The molecule has 1 heterocycles. The van der Waals surface area contributed by atoms with Crippen LogP contribution in [0.15, 0.2) is 30.5 Å². The summed E-state index contributed by atoms with van der Waals surface area (Å²) >= 11 is 0. The number of carboxylic acid groups (broad SMARTS) is 1. The molecular formula is C16H23NO3Si. The summed E-state index contributed by atoms with van der Waals surface area (Å²) in [4.78, 5) is 11.0. The number of fused-ring (bicyclic) bond motifs is 1. The van der Waals surface area contributed by atoms with Crippen molar-refractivity contribution in [2.24, 2.45) is 0 Å². The van der Waals surface area contributed by atoms with E-state index in [-0.39, 0.29) is 6.42 Å². The maximum Gasteiger partial charge on any atom is 0.307 e. The Kier molecular flexibility index (Phi) is 4.85. The Morgan fingerprint density at radius 2 is 2.00 bits per heavy atom. The second-order valence-corrected chi connectivity index (χ2v) is 12.2. The van der Waals surface area contributed by atoms with Crippen molar-refractivity contribution in [3.63, 3.8) is 0 Å². The molecule has 5 heteroatoms. The second kappa shape index (κ2) is 6.45. The van der Waals surface area contributed by atoms with Gasteiger partial charge in [-0.25, -0.2) is 0 Å². The van der Waals surface area contributed by atoms with Crippen LogP contribution in [-0.4, -0.2) is 30.3 Å². The first kappa shape index (κ1) is 15.8. The predicted octanol–water partition coefficient (Wildman–Crippen LogP) is 3.58. The number of carbonyl (C=O) groups is 1. The lowest BCUT2D eigenvalue weighted by Gasteiger charge is -2.15. The van der Waals surface area contributed by atoms with Gasteiger partial charge in [0.25, 0.3) is 0 Å². The van der Waals surface area contributed by atoms with Crippen molar-refractivity contribution >= 4 is 24.9 Å². The van der Waals surface area contributed by atoms with Crippen molar-refractivity contribution in [1.29, 1.82) is 0 Å². The molecule has 0 atom stereocenters. The van der Waals surface area contributed by atoms with Crippen LogP contribution in [0.5, 0.6) is 0 Å². The van der Waals surface area contributed by atoms with Crippen LogP contribution in [0.1, 0.15) is 5.56 Å². The van der Waals surface area contributed by atoms with Gasteiger partial charge >= 0.3 is 5.97 Å². The molecule has 0 aliphatic heterocycles. The van der Waals surface area contributed by atoms with Gasteiger partial charge in [0.15, 0.2) is 0 Å². The third-order valence-corrected chi connectivity index (χ3v) is 5.14. The van der Waals surface area contributed by atoms with Crippen molar-refractivity contribution in [3.05, 3.63) is 36.0 Å². The van der Waals surface area contributed by atoms with E-state index < -0.39 is 14.0 Å². The standard InChI is InChI=1S/C16H23NO3Si/c1-21(2,3)9-8-20-12-17-11-13(10-16(18)19)14-6-4-5-7-15(14)17/h4-7,11H,8-10,12H2,1-3H3,(H,18,19). The minimum absolute atomic E-state index is 0.0441. The molecule has 0 aliphatic rings. The van der Waals surface area contributed by atoms with Crippen LogP contribution in [0.3, 0.4) is 0 Å². The van der Waals surface area contributed by atoms with E-state index in [4.69, 9.17) is 9.84 Å². The van der Waals surface area contributed by atoms with Gasteiger partial charge in [-0.2, -0.15) is 0 Å². The highest BCUT2D eigenvalue weighted by molar-refractivity contribution is 6.76. The van der Waals surface area contributed by atoms with Gasteiger partial charge in [-0.3, -0.25) is 4.79 Å². The summed E-state index contributed by atoms with van der Waals surface area (Å²) < 4.78 is 7.77. The molecule has 4 nitrogen and oxygen atoms in total. The minimum atomic E-state index is -1.08. The molecule has 2 aromatic rings. The number of para-hydroxylation sites is 1. The summed E-state index contributed by atoms with van der Waals surface area (Å²) in [5.41, 5.74) is 1.87. The maximum atomic E-state index is 11.0. The number of nitrogens with zero attached hydrogens (tertiary/aromatic N) is 1. The van der Waals surface area contributed by atoms with Crippen molar-refractivity contribution in [2.45, 2.75) is 38.8 Å². The van der Waals surface area contributed by atoms with E-state index in [9.17, 15) is 4.79 Å². The molecule has 0 unspecified atom stereocenters. The van der Waals surface area contributed by atoms with Gasteiger partial charge in [0.2, 0.25) is 0 Å². The first-order valence-electron chi connectivity index (χ1n) is 7.23. The molecule has 1 aromatic heterocycles. The first-order chi connectivity index (χ1) is 9.87. The lowest BCUT2D eigenvalue weighted by Crippen LogP contribution is -2.21. The van der Waals surface area contributed by atoms with Crippen molar-refractivity contribution < 1.29 is 14.6 Å². The average molecular weight is 305 g/mol. The van der Waals surface area contributed by atoms with Crippen LogP contribution in [0.4, 0.5) is 0 Å². The first-order valence-corrected chi connectivity index (χ1v) is 10.9. The lowest BCUT2D eigenvalue weighted by molar-refractivity contribution is -0.136. The van der Waals surface area contributed by atoms with Gasteiger partial charge in [0.05, 0.1) is 11.9 Å². The predicted molar refractivity (Wildman–Crippen MR) is 87.4 cm³/mol. The summed E-state index contributed by atoms with van der Waals surface area (Å²) in [6.45, 7) is 8.21. The zero-order valence-corrected chi connectivity index (χ0v) is 13.9. The zero-order valence-electron chi connectivity index (χ0n) is 12.9. The Morgan fingerprint density at radius 1 is 1.29 bits per heavy atom. The summed E-state index contributed by atoms with van der Waals surface area (Å²) in [5, 5.41) is 10.00. The minimum Gasteiger partial charge on any atom is -0.481 e. The van der Waals surface area contributed by atoms with E-state index in [1.807, 2.05) is 35.0 Å². The molecule has 1 N–H and O–H groups in total. The molecule has 0 saturated heterocycles. The van der Waals surface area contributed by atoms with Crippen LogP contribution >= 0.6 is 0 Å². The molecule has 0 bridgehead atoms. The van der Waals surface area contributed by atoms with Gasteiger partial charge in [-0.1, -0.05) is 37.8 Å². The highest BCUT2D eigenvalue weighted by Gasteiger charge is 2.13. The molecule has 0 saturated carbocycles. The van der Waals surface area contributed by atoms with E-state index in [0.29, 0.717) is 6.73 Å². The fourth-order valence-corrected chi connectivity index (χ4v) is 3.03. The van der Waals surface area contributed by atoms with Crippen LogP contribution in [-0.2, 0) is 22.7 Å². The molecule has 0 fully saturated rings. The quantitative estimate of drug-likeness (QED) is 0.628. The van der Waals surface area contributed by atoms with Gasteiger partial charge < -0.3 is 14.4 Å². The molecule has 0 radical (unpaired) electrons. The maximum absolute atomic E-state index is 11.0. The highest BCUT2D eigenvalue weighted by Crippen LogP contribution is 2.22. The number of aromatic nitrogens is 1. The Labute approximate surface area is 126 Å². The number of benzene rings is 1. The molecular weight excluding hydrogens is 282 g/mol. The Balaban J connectivity index is 2.11. The third kappa shape index (κ3) is 4.44.